The van der Waals surface area contributed by atoms with Gasteiger partial charge in [0.05, 0.1) is 0 Å². The summed E-state index contributed by atoms with van der Waals surface area (Å²) in [5.41, 5.74) is 4.41. The average molecular weight is 200 g/mol. The zero-order valence-electron chi connectivity index (χ0n) is 7.79. The lowest BCUT2D eigenvalue weighted by Gasteiger charge is -2.22. The Labute approximate surface area is 80.9 Å². The predicted molar refractivity (Wildman–Crippen MR) is 50.7 cm³/mol. The molecule has 0 radical (unpaired) electrons. The minimum Gasteiger partial charge on any atom is -0.368 e. The van der Waals surface area contributed by atoms with E-state index in [2.05, 4.69) is 10.2 Å². The molecule has 0 saturated carbocycles. The van der Waals surface area contributed by atoms with Crippen molar-refractivity contribution in [2.45, 2.75) is 26.3 Å². The highest BCUT2D eigenvalue weighted by atomic mass is 32.1. The summed E-state index contributed by atoms with van der Waals surface area (Å²) in [6.07, 6.45) is 0. The first-order chi connectivity index (χ1) is 5.87. The summed E-state index contributed by atoms with van der Waals surface area (Å²) in [5.74, 6) is 0.210. The van der Waals surface area contributed by atoms with E-state index in [9.17, 15) is 4.79 Å². The highest BCUT2D eigenvalue weighted by molar-refractivity contribution is 7.71. The lowest BCUT2D eigenvalue weighted by atomic mass is 10.1. The fraction of sp³-hybridized carbons (Fsp3) is 0.571. The number of primary amides is 1. The molecular weight excluding hydrogens is 188 g/mol. The summed E-state index contributed by atoms with van der Waals surface area (Å²) in [6.45, 7) is 5.16. The molecule has 0 saturated heterocycles. The van der Waals surface area contributed by atoms with Crippen molar-refractivity contribution < 1.29 is 4.79 Å². The zero-order chi connectivity index (χ0) is 10.2. The number of carbonyl (C=O) groups excluding carboxylic acids is 1. The molecule has 0 spiro atoms. The van der Waals surface area contributed by atoms with Gasteiger partial charge in [-0.2, -0.15) is 5.10 Å². The second-order valence-electron chi connectivity index (χ2n) is 3.33. The molecule has 1 aromatic rings. The van der Waals surface area contributed by atoms with E-state index in [1.54, 1.807) is 25.3 Å². The van der Waals surface area contributed by atoms with Gasteiger partial charge in [0.15, 0.2) is 4.77 Å². The van der Waals surface area contributed by atoms with Crippen LogP contribution in [0.1, 0.15) is 19.7 Å². The Morgan fingerprint density at radius 3 is 2.54 bits per heavy atom. The molecule has 1 aromatic heterocycles. The molecule has 0 fully saturated rings. The summed E-state index contributed by atoms with van der Waals surface area (Å²) < 4.78 is 2.01. The van der Waals surface area contributed by atoms with Crippen molar-refractivity contribution in [1.82, 2.24) is 14.8 Å². The molecule has 1 heterocycles. The van der Waals surface area contributed by atoms with Crippen LogP contribution >= 0.6 is 12.2 Å². The maximum Gasteiger partial charge on any atom is 0.243 e. The highest BCUT2D eigenvalue weighted by Gasteiger charge is 2.29. The molecule has 0 atom stereocenters. The molecule has 0 unspecified atom stereocenters. The van der Waals surface area contributed by atoms with Crippen LogP contribution in [0.4, 0.5) is 0 Å². The number of rotatable bonds is 2. The number of nitrogens with two attached hydrogens (primary N) is 1. The molecule has 1 amide bonds. The third-order valence-electron chi connectivity index (χ3n) is 2.00. The van der Waals surface area contributed by atoms with Crippen LogP contribution in [0.2, 0.25) is 0 Å². The number of aromatic nitrogens is 3. The molecular formula is C7H12N4OS. The van der Waals surface area contributed by atoms with Crippen LogP contribution in [0.3, 0.4) is 0 Å². The van der Waals surface area contributed by atoms with Crippen molar-refractivity contribution in [3.63, 3.8) is 0 Å². The lowest BCUT2D eigenvalue weighted by molar-refractivity contribution is -0.125. The van der Waals surface area contributed by atoms with Crippen molar-refractivity contribution in [3.05, 3.63) is 10.6 Å². The monoisotopic (exact) mass is 200 g/mol. The van der Waals surface area contributed by atoms with Crippen LogP contribution < -0.4 is 5.73 Å². The van der Waals surface area contributed by atoms with Crippen molar-refractivity contribution in [2.24, 2.45) is 5.73 Å². The smallest absolute Gasteiger partial charge is 0.243 e. The van der Waals surface area contributed by atoms with E-state index in [0.29, 0.717) is 10.6 Å². The van der Waals surface area contributed by atoms with Gasteiger partial charge in [0.2, 0.25) is 5.91 Å². The minimum absolute atomic E-state index is 0.404. The maximum atomic E-state index is 11.1. The molecule has 13 heavy (non-hydrogen) atoms. The van der Waals surface area contributed by atoms with E-state index >= 15 is 0 Å². The summed E-state index contributed by atoms with van der Waals surface area (Å²) >= 11 is 4.98. The Bertz CT molecular complexity index is 389. The topological polar surface area (TPSA) is 76.7 Å². The number of aromatic amines is 1. The maximum absolute atomic E-state index is 11.1. The van der Waals surface area contributed by atoms with E-state index < -0.39 is 11.4 Å². The standard InChI is InChI=1S/C7H12N4OS/c1-4-9-10-6(13)11(4)7(2,3)5(8)12/h1-3H3,(H2,8,12)(H,10,13). The van der Waals surface area contributed by atoms with Crippen LogP contribution in [0.5, 0.6) is 0 Å². The number of H-pyrrole nitrogens is 1. The Kier molecular flexibility index (Phi) is 2.25. The Hall–Kier alpha value is -1.17. The van der Waals surface area contributed by atoms with Crippen LogP contribution in [-0.4, -0.2) is 20.7 Å². The van der Waals surface area contributed by atoms with E-state index in [1.165, 1.54) is 0 Å². The quantitative estimate of drug-likeness (QED) is 0.681. The summed E-state index contributed by atoms with van der Waals surface area (Å²) in [7, 11) is 0. The number of nitrogens with one attached hydrogen (secondary N) is 1. The van der Waals surface area contributed by atoms with Crippen molar-refractivity contribution in [3.8, 4) is 0 Å². The van der Waals surface area contributed by atoms with E-state index in [4.69, 9.17) is 18.0 Å². The fourth-order valence-electron chi connectivity index (χ4n) is 1.14. The van der Waals surface area contributed by atoms with E-state index in [-0.39, 0.29) is 0 Å². The normalized spacial score (nSPS) is 11.6. The van der Waals surface area contributed by atoms with Gasteiger partial charge in [0.25, 0.3) is 0 Å². The van der Waals surface area contributed by atoms with Gasteiger partial charge >= 0.3 is 0 Å². The molecule has 72 valence electrons. The summed E-state index contributed by atoms with van der Waals surface area (Å²) in [5, 5.41) is 6.51. The predicted octanol–water partition coefficient (Wildman–Crippen LogP) is 0.470. The SMILES string of the molecule is Cc1n[nH]c(=S)n1C(C)(C)C(N)=O. The van der Waals surface area contributed by atoms with Crippen molar-refractivity contribution in [2.75, 3.05) is 0 Å². The highest BCUT2D eigenvalue weighted by Crippen LogP contribution is 2.16. The average Bonchev–Trinajstić information content (AvgIpc) is 2.30. The number of carbonyl (C=O) groups is 1. The molecule has 1 rings (SSSR count). The molecule has 0 aliphatic rings. The Morgan fingerprint density at radius 2 is 2.23 bits per heavy atom. The summed E-state index contributed by atoms with van der Waals surface area (Å²) in [4.78, 5) is 11.1. The van der Waals surface area contributed by atoms with Gasteiger partial charge in [-0.25, -0.2) is 0 Å². The molecule has 0 aliphatic carbocycles. The zero-order valence-corrected chi connectivity index (χ0v) is 8.60. The van der Waals surface area contributed by atoms with Crippen molar-refractivity contribution in [1.29, 1.82) is 0 Å². The first-order valence-electron chi connectivity index (χ1n) is 3.81. The van der Waals surface area contributed by atoms with Crippen LogP contribution in [0.15, 0.2) is 0 Å². The second kappa shape index (κ2) is 2.95. The van der Waals surface area contributed by atoms with E-state index in [0.717, 1.165) is 0 Å². The van der Waals surface area contributed by atoms with Gasteiger partial charge in [0.1, 0.15) is 11.4 Å². The van der Waals surface area contributed by atoms with Crippen molar-refractivity contribution >= 4 is 18.1 Å². The molecule has 0 aliphatic heterocycles. The fourth-order valence-corrected chi connectivity index (χ4v) is 1.55. The van der Waals surface area contributed by atoms with Gasteiger partial charge < -0.3 is 5.73 Å². The minimum atomic E-state index is -0.839. The third kappa shape index (κ3) is 1.49. The molecule has 5 nitrogen and oxygen atoms in total. The van der Waals surface area contributed by atoms with Gasteiger partial charge in [-0.15, -0.1) is 0 Å². The Balaban J connectivity index is 3.37. The van der Waals surface area contributed by atoms with Crippen LogP contribution in [0.25, 0.3) is 0 Å². The van der Waals surface area contributed by atoms with Gasteiger partial charge in [0, 0.05) is 0 Å². The lowest BCUT2D eigenvalue weighted by Crippen LogP contribution is -2.41. The largest absolute Gasteiger partial charge is 0.368 e. The first kappa shape index (κ1) is 9.91. The summed E-state index contributed by atoms with van der Waals surface area (Å²) in [6, 6.07) is 0. The number of amides is 1. The van der Waals surface area contributed by atoms with Gasteiger partial charge in [-0.3, -0.25) is 14.5 Å². The number of hydrogen-bond donors (Lipinski definition) is 2. The molecule has 3 N–H and O–H groups in total. The first-order valence-corrected chi connectivity index (χ1v) is 4.22. The number of hydrogen-bond acceptors (Lipinski definition) is 3. The van der Waals surface area contributed by atoms with Gasteiger partial charge in [-0.05, 0) is 33.0 Å². The molecule has 0 bridgehead atoms. The number of nitrogens with zero attached hydrogens (tertiary/aromatic N) is 2. The third-order valence-corrected chi connectivity index (χ3v) is 2.28. The van der Waals surface area contributed by atoms with Gasteiger partial charge in [-0.1, -0.05) is 0 Å². The second-order valence-corrected chi connectivity index (χ2v) is 3.72. The molecule has 0 aromatic carbocycles. The van der Waals surface area contributed by atoms with E-state index in [1.807, 2.05) is 0 Å². The molecule has 6 heteroatoms. The Morgan fingerprint density at radius 1 is 1.69 bits per heavy atom. The number of aryl methyl sites for hydroxylation is 1. The van der Waals surface area contributed by atoms with Crippen LogP contribution in [0, 0.1) is 11.7 Å². The van der Waals surface area contributed by atoms with Crippen LogP contribution in [-0.2, 0) is 10.3 Å².